The summed E-state index contributed by atoms with van der Waals surface area (Å²) in [6.45, 7) is 0.516. The van der Waals surface area contributed by atoms with Crippen LogP contribution in [0.15, 0.2) is 0 Å². The van der Waals surface area contributed by atoms with Gasteiger partial charge in [0.05, 0.1) is 0 Å². The molecule has 0 aromatic rings. The van der Waals surface area contributed by atoms with E-state index in [9.17, 15) is 4.79 Å². The Morgan fingerprint density at radius 2 is 2.10 bits per heavy atom. The number of primary amides is 1. The first kappa shape index (κ1) is 9.19. The van der Waals surface area contributed by atoms with Crippen LogP contribution in [-0.2, 0) is 0 Å². The highest BCUT2D eigenvalue weighted by Gasteiger charge is 2.00. The van der Waals surface area contributed by atoms with Crippen LogP contribution < -0.4 is 11.6 Å². The predicted octanol–water partition coefficient (Wildman–Crippen LogP) is -0.987. The quantitative estimate of drug-likeness (QED) is 0.206. The Labute approximate surface area is 59.6 Å². The fourth-order valence-electron chi connectivity index (χ4n) is 0.504. The van der Waals surface area contributed by atoms with Crippen LogP contribution in [0.25, 0.3) is 0 Å². The highest BCUT2D eigenvalue weighted by molar-refractivity contribution is 5.71. The molecule has 10 heavy (non-hydrogen) atoms. The average Bonchev–Trinajstić information content (AvgIpc) is 1.88. The molecule has 0 aromatic carbocycles. The molecule has 0 radical (unpaired) electrons. The number of unbranched alkanes of at least 4 members (excludes halogenated alkanes) is 1. The number of rotatable bonds is 4. The van der Waals surface area contributed by atoms with E-state index in [-0.39, 0.29) is 6.61 Å². The second-order valence-corrected chi connectivity index (χ2v) is 1.96. The number of hydrogen-bond donors (Lipinski definition) is 3. The molecule has 0 bridgehead atoms. The van der Waals surface area contributed by atoms with Gasteiger partial charge in [-0.1, -0.05) is 0 Å². The monoisotopic (exact) mass is 147 g/mol. The molecule has 0 fully saturated rings. The fraction of sp³-hybridized carbons (Fsp3) is 0.800. The van der Waals surface area contributed by atoms with Crippen LogP contribution in [0, 0.1) is 0 Å². The van der Waals surface area contributed by atoms with Gasteiger partial charge < -0.3 is 10.8 Å². The zero-order chi connectivity index (χ0) is 7.98. The van der Waals surface area contributed by atoms with Gasteiger partial charge in [0.25, 0.3) is 0 Å². The Bertz CT molecular complexity index is 107. The lowest BCUT2D eigenvalue weighted by atomic mass is 10.3. The third-order valence-corrected chi connectivity index (χ3v) is 1.09. The average molecular weight is 147 g/mol. The first-order valence-electron chi connectivity index (χ1n) is 3.11. The highest BCUT2D eigenvalue weighted by atomic mass is 16.3. The Balaban J connectivity index is 3.21. The summed E-state index contributed by atoms with van der Waals surface area (Å²) in [5.74, 6) is 5.13. The number of hydrogen-bond acceptors (Lipinski definition) is 3. The number of amides is 2. The van der Waals surface area contributed by atoms with E-state index in [1.165, 1.54) is 0 Å². The molecule has 0 unspecified atom stereocenters. The summed E-state index contributed by atoms with van der Waals surface area (Å²) in [5, 5.41) is 9.27. The summed E-state index contributed by atoms with van der Waals surface area (Å²) < 4.78 is 0. The second-order valence-electron chi connectivity index (χ2n) is 1.96. The molecule has 0 saturated heterocycles. The molecule has 0 rings (SSSR count). The van der Waals surface area contributed by atoms with Crippen molar-refractivity contribution in [2.24, 2.45) is 11.6 Å². The molecule has 60 valence electrons. The number of aliphatic hydroxyl groups is 1. The van der Waals surface area contributed by atoms with Crippen LogP contribution in [-0.4, -0.2) is 29.3 Å². The van der Waals surface area contributed by atoms with Crippen molar-refractivity contribution < 1.29 is 9.90 Å². The minimum atomic E-state index is -0.641. The van der Waals surface area contributed by atoms with Gasteiger partial charge in [0, 0.05) is 13.2 Å². The molecule has 0 heterocycles. The number of aliphatic hydroxyl groups excluding tert-OH is 1. The maximum absolute atomic E-state index is 10.3. The van der Waals surface area contributed by atoms with Crippen LogP contribution >= 0.6 is 0 Å². The summed E-state index contributed by atoms with van der Waals surface area (Å²) in [7, 11) is 0. The van der Waals surface area contributed by atoms with Crippen LogP contribution in [0.4, 0.5) is 4.79 Å². The van der Waals surface area contributed by atoms with Gasteiger partial charge in [0.2, 0.25) is 0 Å². The molecule has 0 spiro atoms. The van der Waals surface area contributed by atoms with Crippen molar-refractivity contribution in [2.45, 2.75) is 12.8 Å². The normalized spacial score (nSPS) is 9.40. The van der Waals surface area contributed by atoms with Gasteiger partial charge in [0.1, 0.15) is 0 Å². The molecule has 2 amide bonds. The highest BCUT2D eigenvalue weighted by Crippen LogP contribution is 1.88. The summed E-state index contributed by atoms with van der Waals surface area (Å²) in [6, 6.07) is -0.641. The van der Waals surface area contributed by atoms with Crippen molar-refractivity contribution in [1.29, 1.82) is 0 Å². The van der Waals surface area contributed by atoms with Gasteiger partial charge in [0.15, 0.2) is 0 Å². The van der Waals surface area contributed by atoms with Crippen molar-refractivity contribution in [2.75, 3.05) is 13.2 Å². The molecule has 0 aliphatic rings. The minimum Gasteiger partial charge on any atom is -0.396 e. The van der Waals surface area contributed by atoms with Crippen molar-refractivity contribution in [1.82, 2.24) is 5.01 Å². The third-order valence-electron chi connectivity index (χ3n) is 1.09. The molecule has 0 aromatic heterocycles. The van der Waals surface area contributed by atoms with Gasteiger partial charge in [-0.2, -0.15) is 0 Å². The molecular formula is C5H13N3O2. The number of nitrogens with two attached hydrogens (primary N) is 2. The van der Waals surface area contributed by atoms with Crippen molar-refractivity contribution in [3.05, 3.63) is 0 Å². The topological polar surface area (TPSA) is 92.6 Å². The van der Waals surface area contributed by atoms with Gasteiger partial charge in [-0.25, -0.2) is 10.6 Å². The van der Waals surface area contributed by atoms with Crippen molar-refractivity contribution in [3.8, 4) is 0 Å². The smallest absolute Gasteiger partial charge is 0.328 e. The predicted molar refractivity (Wildman–Crippen MR) is 36.8 cm³/mol. The molecular weight excluding hydrogens is 134 g/mol. The number of nitrogens with zero attached hydrogens (tertiary/aromatic N) is 1. The lowest BCUT2D eigenvalue weighted by molar-refractivity contribution is 0.204. The summed E-state index contributed by atoms with van der Waals surface area (Å²) >= 11 is 0. The van der Waals surface area contributed by atoms with Crippen LogP contribution in [0.1, 0.15) is 12.8 Å². The molecule has 0 aliphatic heterocycles. The number of carbonyl (C=O) groups excluding carboxylic acids is 1. The van der Waals surface area contributed by atoms with Gasteiger partial charge >= 0.3 is 6.03 Å². The summed E-state index contributed by atoms with van der Waals surface area (Å²) in [6.07, 6.45) is 1.32. The third kappa shape index (κ3) is 4.11. The van der Waals surface area contributed by atoms with E-state index in [4.69, 9.17) is 16.7 Å². The summed E-state index contributed by atoms with van der Waals surface area (Å²) in [4.78, 5) is 10.3. The second kappa shape index (κ2) is 5.01. The maximum atomic E-state index is 10.3. The standard InChI is InChI=1S/C5H13N3O2/c6-5(10)8(7)3-1-2-4-9/h9H,1-4,7H2,(H2,6,10). The van der Waals surface area contributed by atoms with Crippen LogP contribution in [0.5, 0.6) is 0 Å². The lowest BCUT2D eigenvalue weighted by Gasteiger charge is -2.11. The Morgan fingerprint density at radius 3 is 2.50 bits per heavy atom. The number of urea groups is 1. The van der Waals surface area contributed by atoms with Gasteiger partial charge in [-0.3, -0.25) is 5.01 Å². The molecule has 0 atom stereocenters. The Kier molecular flexibility index (Phi) is 4.61. The Morgan fingerprint density at radius 1 is 1.50 bits per heavy atom. The fourth-order valence-corrected chi connectivity index (χ4v) is 0.504. The lowest BCUT2D eigenvalue weighted by Crippen LogP contribution is -2.41. The minimum absolute atomic E-state index is 0.118. The number of hydrazine groups is 1. The number of carbonyl (C=O) groups is 1. The maximum Gasteiger partial charge on any atom is 0.328 e. The van der Waals surface area contributed by atoms with E-state index in [0.717, 1.165) is 5.01 Å². The SMILES string of the molecule is NC(=O)N(N)CCCCO. The van der Waals surface area contributed by atoms with E-state index in [0.29, 0.717) is 19.4 Å². The largest absolute Gasteiger partial charge is 0.396 e. The van der Waals surface area contributed by atoms with Crippen molar-refractivity contribution in [3.63, 3.8) is 0 Å². The summed E-state index contributed by atoms with van der Waals surface area (Å²) in [5.41, 5.74) is 4.82. The van der Waals surface area contributed by atoms with E-state index >= 15 is 0 Å². The van der Waals surface area contributed by atoms with E-state index in [1.807, 2.05) is 0 Å². The molecule has 0 saturated carbocycles. The molecule has 5 N–H and O–H groups in total. The van der Waals surface area contributed by atoms with Gasteiger partial charge in [-0.05, 0) is 12.8 Å². The molecule has 5 heteroatoms. The first-order chi connectivity index (χ1) is 4.68. The molecule has 0 aliphatic carbocycles. The Hall–Kier alpha value is -0.810. The van der Waals surface area contributed by atoms with E-state index < -0.39 is 6.03 Å². The zero-order valence-corrected chi connectivity index (χ0v) is 5.79. The van der Waals surface area contributed by atoms with Crippen LogP contribution in [0.2, 0.25) is 0 Å². The van der Waals surface area contributed by atoms with E-state index in [2.05, 4.69) is 0 Å². The van der Waals surface area contributed by atoms with Crippen molar-refractivity contribution >= 4 is 6.03 Å². The zero-order valence-electron chi connectivity index (χ0n) is 5.79. The van der Waals surface area contributed by atoms with Crippen LogP contribution in [0.3, 0.4) is 0 Å². The first-order valence-corrected chi connectivity index (χ1v) is 3.11. The van der Waals surface area contributed by atoms with Gasteiger partial charge in [-0.15, -0.1) is 0 Å². The van der Waals surface area contributed by atoms with E-state index in [1.54, 1.807) is 0 Å². The molecule has 5 nitrogen and oxygen atoms in total.